The van der Waals surface area contributed by atoms with Crippen LogP contribution in [-0.2, 0) is 6.42 Å². The van der Waals surface area contributed by atoms with Gasteiger partial charge in [0.25, 0.3) is 5.56 Å². The van der Waals surface area contributed by atoms with Crippen LogP contribution in [0, 0.1) is 11.3 Å². The zero-order valence-electron chi connectivity index (χ0n) is 5.26. The van der Waals surface area contributed by atoms with Crippen molar-refractivity contribution in [2.24, 2.45) is 0 Å². The molecule has 0 atom stereocenters. The number of nitrogens with zero attached hydrogens (tertiary/aromatic N) is 1. The Morgan fingerprint density at radius 3 is 3.10 bits per heavy atom. The first-order chi connectivity index (χ1) is 4.83. The van der Waals surface area contributed by atoms with Crippen molar-refractivity contribution in [3.63, 3.8) is 0 Å². The zero-order chi connectivity index (χ0) is 7.40. The van der Waals surface area contributed by atoms with E-state index in [1.54, 1.807) is 0 Å². The van der Waals surface area contributed by atoms with Crippen LogP contribution in [0.5, 0.6) is 0 Å². The van der Waals surface area contributed by atoms with E-state index in [9.17, 15) is 4.79 Å². The van der Waals surface area contributed by atoms with Crippen LogP contribution in [0.2, 0.25) is 0 Å². The van der Waals surface area contributed by atoms with Gasteiger partial charge in [-0.2, -0.15) is 5.26 Å². The lowest BCUT2D eigenvalue weighted by molar-refractivity contribution is 1.04. The number of hydrogen-bond acceptors (Lipinski definition) is 3. The van der Waals surface area contributed by atoms with E-state index in [0.717, 1.165) is 4.88 Å². The summed E-state index contributed by atoms with van der Waals surface area (Å²) in [6, 6.07) is 3.55. The highest BCUT2D eigenvalue weighted by molar-refractivity contribution is 7.05. The van der Waals surface area contributed by atoms with E-state index >= 15 is 0 Å². The van der Waals surface area contributed by atoms with Crippen molar-refractivity contribution in [3.8, 4) is 6.07 Å². The fourth-order valence-corrected chi connectivity index (χ4v) is 1.28. The Morgan fingerprint density at radius 1 is 1.80 bits per heavy atom. The number of aromatic amines is 1. The van der Waals surface area contributed by atoms with Gasteiger partial charge in [0.05, 0.1) is 6.07 Å². The lowest BCUT2D eigenvalue weighted by Gasteiger charge is -1.82. The SMILES string of the molecule is N#CCCc1cc(=O)[nH]s1. The number of aryl methyl sites for hydroxylation is 1. The molecule has 1 rings (SSSR count). The molecule has 1 heterocycles. The molecule has 1 aromatic heterocycles. The predicted octanol–water partition coefficient (Wildman–Crippen LogP) is 0.893. The van der Waals surface area contributed by atoms with Gasteiger partial charge in [-0.05, 0) is 6.42 Å². The average molecular weight is 154 g/mol. The summed E-state index contributed by atoms with van der Waals surface area (Å²) in [5, 5.41) is 8.20. The summed E-state index contributed by atoms with van der Waals surface area (Å²) in [4.78, 5) is 11.5. The van der Waals surface area contributed by atoms with Crippen LogP contribution in [0.25, 0.3) is 0 Å². The van der Waals surface area contributed by atoms with Gasteiger partial charge in [0.1, 0.15) is 0 Å². The largest absolute Gasteiger partial charge is 0.278 e. The minimum absolute atomic E-state index is 0.0714. The van der Waals surface area contributed by atoms with Gasteiger partial charge in [-0.15, -0.1) is 0 Å². The second kappa shape index (κ2) is 3.18. The Hall–Kier alpha value is -1.08. The topological polar surface area (TPSA) is 56.6 Å². The highest BCUT2D eigenvalue weighted by Gasteiger charge is 1.94. The molecule has 0 bridgehead atoms. The molecule has 4 heteroatoms. The summed E-state index contributed by atoms with van der Waals surface area (Å²) in [6.07, 6.45) is 1.16. The minimum Gasteiger partial charge on any atom is -0.278 e. The van der Waals surface area contributed by atoms with Gasteiger partial charge < -0.3 is 0 Å². The smallest absolute Gasteiger partial charge is 0.258 e. The van der Waals surface area contributed by atoms with E-state index in [4.69, 9.17) is 5.26 Å². The third-order valence-electron chi connectivity index (χ3n) is 1.06. The first kappa shape index (κ1) is 7.03. The van der Waals surface area contributed by atoms with Crippen molar-refractivity contribution < 1.29 is 0 Å². The summed E-state index contributed by atoms with van der Waals surface area (Å²) >= 11 is 1.30. The number of H-pyrrole nitrogens is 1. The third-order valence-corrected chi connectivity index (χ3v) is 1.95. The molecule has 0 amide bonds. The van der Waals surface area contributed by atoms with Crippen LogP contribution in [-0.4, -0.2) is 4.37 Å². The Bertz CT molecular complexity index is 293. The molecule has 0 aliphatic carbocycles. The van der Waals surface area contributed by atoms with Gasteiger partial charge in [-0.25, -0.2) is 0 Å². The number of nitriles is 1. The fraction of sp³-hybridized carbons (Fsp3) is 0.333. The Labute approximate surface area is 62.1 Å². The van der Waals surface area contributed by atoms with Crippen molar-refractivity contribution in [1.82, 2.24) is 4.37 Å². The standard InChI is InChI=1S/C6H6N2OS/c7-3-1-2-5-4-6(9)8-10-5/h4H,1-2H2,(H,8,9). The summed E-state index contributed by atoms with van der Waals surface area (Å²) in [5.41, 5.74) is -0.0714. The monoisotopic (exact) mass is 154 g/mol. The van der Waals surface area contributed by atoms with Crippen molar-refractivity contribution in [2.45, 2.75) is 12.8 Å². The molecular weight excluding hydrogens is 148 g/mol. The first-order valence-corrected chi connectivity index (χ1v) is 3.69. The Balaban J connectivity index is 2.61. The van der Waals surface area contributed by atoms with Crippen LogP contribution < -0.4 is 5.56 Å². The quantitative estimate of drug-likeness (QED) is 0.687. The van der Waals surface area contributed by atoms with Crippen molar-refractivity contribution in [1.29, 1.82) is 5.26 Å². The number of rotatable bonds is 2. The van der Waals surface area contributed by atoms with E-state index < -0.39 is 0 Å². The fourth-order valence-electron chi connectivity index (χ4n) is 0.623. The molecule has 0 aliphatic rings. The lowest BCUT2D eigenvalue weighted by atomic mass is 10.3. The molecule has 0 aromatic carbocycles. The Kier molecular flexibility index (Phi) is 2.24. The molecular formula is C6H6N2OS. The number of aromatic nitrogens is 1. The molecule has 0 radical (unpaired) electrons. The van der Waals surface area contributed by atoms with E-state index in [1.165, 1.54) is 17.6 Å². The molecule has 0 spiro atoms. The number of hydrogen-bond donors (Lipinski definition) is 1. The van der Waals surface area contributed by atoms with Crippen molar-refractivity contribution in [2.75, 3.05) is 0 Å². The maximum Gasteiger partial charge on any atom is 0.258 e. The first-order valence-electron chi connectivity index (χ1n) is 2.87. The zero-order valence-corrected chi connectivity index (χ0v) is 6.07. The van der Waals surface area contributed by atoms with Crippen molar-refractivity contribution in [3.05, 3.63) is 21.3 Å². The number of nitrogens with one attached hydrogen (secondary N) is 1. The Morgan fingerprint density at radius 2 is 2.60 bits per heavy atom. The predicted molar refractivity (Wildman–Crippen MR) is 38.9 cm³/mol. The van der Waals surface area contributed by atoms with E-state index in [0.29, 0.717) is 12.8 Å². The maximum absolute atomic E-state index is 10.5. The average Bonchev–Trinajstić information content (AvgIpc) is 2.31. The summed E-state index contributed by atoms with van der Waals surface area (Å²) in [7, 11) is 0. The maximum atomic E-state index is 10.5. The summed E-state index contributed by atoms with van der Waals surface area (Å²) < 4.78 is 2.55. The van der Waals surface area contributed by atoms with Gasteiger partial charge >= 0.3 is 0 Å². The molecule has 3 nitrogen and oxygen atoms in total. The van der Waals surface area contributed by atoms with Crippen LogP contribution in [0.4, 0.5) is 0 Å². The molecule has 0 saturated carbocycles. The van der Waals surface area contributed by atoms with Crippen LogP contribution >= 0.6 is 11.5 Å². The summed E-state index contributed by atoms with van der Waals surface area (Å²) in [6.45, 7) is 0. The van der Waals surface area contributed by atoms with Crippen LogP contribution in [0.1, 0.15) is 11.3 Å². The van der Waals surface area contributed by atoms with Gasteiger partial charge in [-0.3, -0.25) is 9.17 Å². The van der Waals surface area contributed by atoms with Gasteiger partial charge in [0.2, 0.25) is 0 Å². The molecule has 0 aliphatic heterocycles. The highest BCUT2D eigenvalue weighted by atomic mass is 32.1. The second-order valence-electron chi connectivity index (χ2n) is 1.84. The van der Waals surface area contributed by atoms with E-state index in [2.05, 4.69) is 4.37 Å². The van der Waals surface area contributed by atoms with Crippen molar-refractivity contribution >= 4 is 11.5 Å². The van der Waals surface area contributed by atoms with Crippen LogP contribution in [0.15, 0.2) is 10.9 Å². The summed E-state index contributed by atoms with van der Waals surface area (Å²) in [5.74, 6) is 0. The molecule has 10 heavy (non-hydrogen) atoms. The minimum atomic E-state index is -0.0714. The second-order valence-corrected chi connectivity index (χ2v) is 2.77. The highest BCUT2D eigenvalue weighted by Crippen LogP contribution is 2.03. The van der Waals surface area contributed by atoms with Gasteiger partial charge in [0.15, 0.2) is 0 Å². The van der Waals surface area contributed by atoms with Gasteiger partial charge in [0, 0.05) is 17.4 Å². The molecule has 52 valence electrons. The molecule has 0 unspecified atom stereocenters. The third kappa shape index (κ3) is 1.71. The van der Waals surface area contributed by atoms with E-state index in [1.807, 2.05) is 6.07 Å². The van der Waals surface area contributed by atoms with Gasteiger partial charge in [-0.1, -0.05) is 11.5 Å². The molecule has 0 saturated heterocycles. The lowest BCUT2D eigenvalue weighted by Crippen LogP contribution is -1.92. The van der Waals surface area contributed by atoms with Crippen LogP contribution in [0.3, 0.4) is 0 Å². The van der Waals surface area contributed by atoms with E-state index in [-0.39, 0.29) is 5.56 Å². The molecule has 1 N–H and O–H groups in total. The molecule has 0 fully saturated rings. The molecule has 1 aromatic rings. The normalized spacial score (nSPS) is 9.10.